The van der Waals surface area contributed by atoms with E-state index in [0.717, 1.165) is 0 Å². The second-order valence-electron chi connectivity index (χ2n) is 3.20. The minimum absolute atomic E-state index is 0.0438. The Hall–Kier alpha value is -1.08. The Morgan fingerprint density at radius 2 is 2.33 bits per heavy atom. The molecule has 3 nitrogen and oxygen atoms in total. The van der Waals surface area contributed by atoms with E-state index in [0.29, 0.717) is 6.61 Å². The van der Waals surface area contributed by atoms with Crippen LogP contribution >= 0.6 is 0 Å². The zero-order valence-corrected chi connectivity index (χ0v) is 8.89. The van der Waals surface area contributed by atoms with Crippen molar-refractivity contribution in [1.29, 1.82) is 0 Å². The highest BCUT2D eigenvalue weighted by atomic mass is 16.7. The van der Waals surface area contributed by atoms with Gasteiger partial charge in [-0.15, -0.1) is 13.0 Å². The lowest BCUT2D eigenvalue weighted by Gasteiger charge is -2.29. The standard InChI is InChI=1S/C12H16O3/c1-4-8-13-11-6-7-12(14-9-5-2)15-10(11)3/h2,4,6-7,10-12H,1,8-9H2,3H3/t10-,11+,12+/m0/s1. The highest BCUT2D eigenvalue weighted by Crippen LogP contribution is 2.16. The highest BCUT2D eigenvalue weighted by Gasteiger charge is 2.23. The first kappa shape index (κ1) is 12.0. The molecule has 0 aliphatic carbocycles. The Labute approximate surface area is 90.7 Å². The lowest BCUT2D eigenvalue weighted by atomic mass is 10.1. The summed E-state index contributed by atoms with van der Waals surface area (Å²) in [6, 6.07) is 0. The van der Waals surface area contributed by atoms with Gasteiger partial charge in [-0.2, -0.15) is 0 Å². The van der Waals surface area contributed by atoms with Gasteiger partial charge in [-0.1, -0.05) is 18.1 Å². The van der Waals surface area contributed by atoms with Crippen LogP contribution in [0.1, 0.15) is 6.92 Å². The molecule has 0 aromatic heterocycles. The molecular formula is C12H16O3. The summed E-state index contributed by atoms with van der Waals surface area (Å²) >= 11 is 0. The van der Waals surface area contributed by atoms with Crippen molar-refractivity contribution in [1.82, 2.24) is 0 Å². The van der Waals surface area contributed by atoms with Crippen LogP contribution in [0.15, 0.2) is 24.8 Å². The molecule has 0 spiro atoms. The van der Waals surface area contributed by atoms with E-state index in [-0.39, 0.29) is 25.1 Å². The maximum absolute atomic E-state index is 5.53. The number of hydrogen-bond acceptors (Lipinski definition) is 3. The molecule has 0 aromatic carbocycles. The fraction of sp³-hybridized carbons (Fsp3) is 0.500. The molecule has 0 radical (unpaired) electrons. The van der Waals surface area contributed by atoms with Crippen molar-refractivity contribution in [3.63, 3.8) is 0 Å². The predicted molar refractivity (Wildman–Crippen MR) is 58.2 cm³/mol. The van der Waals surface area contributed by atoms with Gasteiger partial charge in [0.1, 0.15) is 12.7 Å². The second kappa shape index (κ2) is 6.41. The number of ether oxygens (including phenoxy) is 3. The summed E-state index contributed by atoms with van der Waals surface area (Å²) in [5.41, 5.74) is 0. The molecule has 3 atom stereocenters. The van der Waals surface area contributed by atoms with Crippen LogP contribution in [0.5, 0.6) is 0 Å². The summed E-state index contributed by atoms with van der Waals surface area (Å²) in [6.07, 6.45) is 10.1. The molecule has 0 bridgehead atoms. The van der Waals surface area contributed by atoms with Gasteiger partial charge in [0.15, 0.2) is 6.29 Å². The first-order valence-corrected chi connectivity index (χ1v) is 4.89. The lowest BCUT2D eigenvalue weighted by molar-refractivity contribution is -0.165. The SMILES string of the molecule is C#CCO[C@H]1C=C[C@@H](OCC=C)[C@H](C)O1. The van der Waals surface area contributed by atoms with Gasteiger partial charge in [-0.3, -0.25) is 0 Å². The van der Waals surface area contributed by atoms with Crippen LogP contribution in [0, 0.1) is 12.3 Å². The highest BCUT2D eigenvalue weighted by molar-refractivity contribution is 5.00. The fourth-order valence-corrected chi connectivity index (χ4v) is 1.29. The lowest BCUT2D eigenvalue weighted by Crippen LogP contribution is -2.36. The van der Waals surface area contributed by atoms with E-state index in [1.54, 1.807) is 6.08 Å². The normalized spacial score (nSPS) is 29.7. The van der Waals surface area contributed by atoms with E-state index in [1.165, 1.54) is 0 Å². The Bertz CT molecular complexity index is 265. The minimum atomic E-state index is -0.361. The molecule has 0 unspecified atom stereocenters. The Balaban J connectivity index is 2.40. The largest absolute Gasteiger partial charge is 0.367 e. The molecule has 0 aromatic rings. The van der Waals surface area contributed by atoms with Crippen LogP contribution in [0.25, 0.3) is 0 Å². The van der Waals surface area contributed by atoms with Crippen LogP contribution in [0.2, 0.25) is 0 Å². The minimum Gasteiger partial charge on any atom is -0.367 e. The quantitative estimate of drug-likeness (QED) is 0.506. The summed E-state index contributed by atoms with van der Waals surface area (Å²) in [7, 11) is 0. The maximum atomic E-state index is 5.53. The molecule has 0 saturated heterocycles. The monoisotopic (exact) mass is 208 g/mol. The van der Waals surface area contributed by atoms with Crippen molar-refractivity contribution in [2.45, 2.75) is 25.4 Å². The molecule has 82 valence electrons. The van der Waals surface area contributed by atoms with Gasteiger partial charge in [0.25, 0.3) is 0 Å². The van der Waals surface area contributed by atoms with Gasteiger partial charge < -0.3 is 14.2 Å². The van der Waals surface area contributed by atoms with Crippen LogP contribution in [-0.4, -0.2) is 31.7 Å². The summed E-state index contributed by atoms with van der Waals surface area (Å²) in [4.78, 5) is 0. The van der Waals surface area contributed by atoms with Crippen molar-refractivity contribution in [2.24, 2.45) is 0 Å². The number of rotatable bonds is 5. The Morgan fingerprint density at radius 1 is 1.53 bits per heavy atom. The van der Waals surface area contributed by atoms with Gasteiger partial charge in [0.2, 0.25) is 0 Å². The van der Waals surface area contributed by atoms with E-state index in [1.807, 2.05) is 19.1 Å². The molecule has 1 aliphatic heterocycles. The first-order chi connectivity index (χ1) is 7.27. The molecule has 0 saturated carbocycles. The molecule has 0 fully saturated rings. The molecule has 1 rings (SSSR count). The average molecular weight is 208 g/mol. The van der Waals surface area contributed by atoms with Crippen molar-refractivity contribution in [2.75, 3.05) is 13.2 Å². The average Bonchev–Trinajstić information content (AvgIpc) is 2.25. The summed E-state index contributed by atoms with van der Waals surface area (Å²) in [6.45, 7) is 6.29. The maximum Gasteiger partial charge on any atom is 0.178 e. The molecular weight excluding hydrogens is 192 g/mol. The van der Waals surface area contributed by atoms with Crippen molar-refractivity contribution < 1.29 is 14.2 Å². The number of terminal acetylenes is 1. The molecule has 1 heterocycles. The summed E-state index contributed by atoms with van der Waals surface area (Å²) < 4.78 is 16.2. The third-order valence-electron chi connectivity index (χ3n) is 2.01. The van der Waals surface area contributed by atoms with Crippen LogP contribution < -0.4 is 0 Å². The third kappa shape index (κ3) is 3.88. The van der Waals surface area contributed by atoms with E-state index < -0.39 is 0 Å². The van der Waals surface area contributed by atoms with Gasteiger partial charge in [-0.05, 0) is 13.0 Å². The fourth-order valence-electron chi connectivity index (χ4n) is 1.29. The second-order valence-corrected chi connectivity index (χ2v) is 3.20. The predicted octanol–water partition coefficient (Wildman–Crippen LogP) is 1.51. The molecule has 0 N–H and O–H groups in total. The van der Waals surface area contributed by atoms with E-state index in [2.05, 4.69) is 12.5 Å². The molecule has 3 heteroatoms. The zero-order chi connectivity index (χ0) is 11.1. The van der Waals surface area contributed by atoms with Crippen molar-refractivity contribution >= 4 is 0 Å². The van der Waals surface area contributed by atoms with Crippen molar-refractivity contribution in [3.8, 4) is 12.3 Å². The topological polar surface area (TPSA) is 27.7 Å². The van der Waals surface area contributed by atoms with Gasteiger partial charge in [-0.25, -0.2) is 0 Å². The van der Waals surface area contributed by atoms with Crippen LogP contribution in [-0.2, 0) is 14.2 Å². The summed E-state index contributed by atoms with van der Waals surface area (Å²) in [5, 5.41) is 0. The van der Waals surface area contributed by atoms with E-state index in [4.69, 9.17) is 20.6 Å². The Kier molecular flexibility index (Phi) is 5.13. The third-order valence-corrected chi connectivity index (χ3v) is 2.01. The summed E-state index contributed by atoms with van der Waals surface area (Å²) in [5.74, 6) is 2.39. The molecule has 1 aliphatic rings. The van der Waals surface area contributed by atoms with E-state index in [9.17, 15) is 0 Å². The van der Waals surface area contributed by atoms with Gasteiger partial charge in [0.05, 0.1) is 12.7 Å². The van der Waals surface area contributed by atoms with E-state index >= 15 is 0 Å². The van der Waals surface area contributed by atoms with Gasteiger partial charge in [0, 0.05) is 0 Å². The zero-order valence-electron chi connectivity index (χ0n) is 8.89. The smallest absolute Gasteiger partial charge is 0.178 e. The van der Waals surface area contributed by atoms with Crippen molar-refractivity contribution in [3.05, 3.63) is 24.8 Å². The Morgan fingerprint density at radius 3 is 2.93 bits per heavy atom. The van der Waals surface area contributed by atoms with Gasteiger partial charge >= 0.3 is 0 Å². The molecule has 15 heavy (non-hydrogen) atoms. The van der Waals surface area contributed by atoms with Crippen LogP contribution in [0.3, 0.4) is 0 Å². The molecule has 0 amide bonds. The first-order valence-electron chi connectivity index (χ1n) is 4.89. The van der Waals surface area contributed by atoms with Crippen LogP contribution in [0.4, 0.5) is 0 Å². The number of hydrogen-bond donors (Lipinski definition) is 0.